The number of carboxylic acid groups (broad SMARTS) is 1. The van der Waals surface area contributed by atoms with Gasteiger partial charge in [-0.1, -0.05) is 24.3 Å². The Bertz CT molecular complexity index is 603. The number of carboxylic acids is 1. The average Bonchev–Trinajstić information content (AvgIpc) is 2.26. The van der Waals surface area contributed by atoms with Crippen LogP contribution in [0.4, 0.5) is 13.2 Å². The summed E-state index contributed by atoms with van der Waals surface area (Å²) >= 11 is 0. The molecule has 0 aliphatic heterocycles. The van der Waals surface area contributed by atoms with Gasteiger partial charge in [-0.3, -0.25) is 4.79 Å². The zero-order valence-electron chi connectivity index (χ0n) is 9.16. The van der Waals surface area contributed by atoms with Gasteiger partial charge in [0, 0.05) is 0 Å². The van der Waals surface area contributed by atoms with Crippen molar-refractivity contribution in [3.8, 4) is 0 Å². The van der Waals surface area contributed by atoms with Gasteiger partial charge in [0.05, 0.1) is 12.0 Å². The fraction of sp³-hybridized carbons (Fsp3) is 0.154. The van der Waals surface area contributed by atoms with Crippen molar-refractivity contribution in [3.05, 3.63) is 47.5 Å². The first kappa shape index (κ1) is 12.4. The fourth-order valence-corrected chi connectivity index (χ4v) is 1.76. The molecule has 0 bridgehead atoms. The van der Waals surface area contributed by atoms with Gasteiger partial charge in [-0.25, -0.2) is 0 Å². The Morgan fingerprint density at radius 1 is 1.06 bits per heavy atom. The number of alkyl halides is 3. The maximum absolute atomic E-state index is 12.5. The van der Waals surface area contributed by atoms with E-state index in [-0.39, 0.29) is 6.42 Å². The Kier molecular flexibility index (Phi) is 2.98. The van der Waals surface area contributed by atoms with Crippen molar-refractivity contribution >= 4 is 16.7 Å². The standard InChI is InChI=1S/C13H9F3O2/c14-13(15,16)11-4-3-9-2-1-8(6-12(17)18)5-10(9)7-11/h1-5,7H,6H2,(H,17,18). The maximum atomic E-state index is 12.5. The molecule has 5 heteroatoms. The number of hydrogen-bond acceptors (Lipinski definition) is 1. The third-order valence-corrected chi connectivity index (χ3v) is 2.59. The molecule has 94 valence electrons. The predicted molar refractivity (Wildman–Crippen MR) is 60.3 cm³/mol. The molecular weight excluding hydrogens is 245 g/mol. The summed E-state index contributed by atoms with van der Waals surface area (Å²) in [5.74, 6) is -1.01. The SMILES string of the molecule is O=C(O)Cc1ccc2ccc(C(F)(F)F)cc2c1. The summed E-state index contributed by atoms with van der Waals surface area (Å²) in [5, 5.41) is 9.69. The zero-order chi connectivity index (χ0) is 13.3. The van der Waals surface area contributed by atoms with Crippen LogP contribution < -0.4 is 0 Å². The van der Waals surface area contributed by atoms with E-state index in [1.165, 1.54) is 12.1 Å². The minimum atomic E-state index is -4.39. The monoisotopic (exact) mass is 254 g/mol. The number of benzene rings is 2. The molecule has 0 aromatic heterocycles. The summed E-state index contributed by atoms with van der Waals surface area (Å²) in [4.78, 5) is 10.6. The van der Waals surface area contributed by atoms with Crippen molar-refractivity contribution in [2.75, 3.05) is 0 Å². The lowest BCUT2D eigenvalue weighted by atomic mass is 10.0. The third-order valence-electron chi connectivity index (χ3n) is 2.59. The third kappa shape index (κ3) is 2.61. The quantitative estimate of drug-likeness (QED) is 0.890. The first-order valence-corrected chi connectivity index (χ1v) is 5.18. The minimum absolute atomic E-state index is 0.202. The van der Waals surface area contributed by atoms with E-state index in [1.54, 1.807) is 12.1 Å². The van der Waals surface area contributed by atoms with Crippen LogP contribution in [0, 0.1) is 0 Å². The number of rotatable bonds is 2. The van der Waals surface area contributed by atoms with Gasteiger partial charge < -0.3 is 5.11 Å². The summed E-state index contributed by atoms with van der Waals surface area (Å²) in [6, 6.07) is 8.11. The van der Waals surface area contributed by atoms with Crippen molar-refractivity contribution < 1.29 is 23.1 Å². The maximum Gasteiger partial charge on any atom is 0.416 e. The first-order valence-electron chi connectivity index (χ1n) is 5.18. The van der Waals surface area contributed by atoms with Crippen molar-refractivity contribution in [2.45, 2.75) is 12.6 Å². The summed E-state index contributed by atoms with van der Waals surface area (Å²) in [5.41, 5.74) is -0.253. The Hall–Kier alpha value is -2.04. The molecule has 0 amide bonds. The van der Waals surface area contributed by atoms with Crippen LogP contribution >= 0.6 is 0 Å². The van der Waals surface area contributed by atoms with E-state index < -0.39 is 17.7 Å². The molecule has 0 unspecified atom stereocenters. The molecule has 18 heavy (non-hydrogen) atoms. The molecule has 0 saturated heterocycles. The highest BCUT2D eigenvalue weighted by Gasteiger charge is 2.30. The number of carbonyl (C=O) groups is 1. The van der Waals surface area contributed by atoms with Gasteiger partial charge >= 0.3 is 12.1 Å². The van der Waals surface area contributed by atoms with E-state index in [1.807, 2.05) is 0 Å². The second-order valence-corrected chi connectivity index (χ2v) is 3.96. The summed E-state index contributed by atoms with van der Waals surface area (Å²) < 4.78 is 37.6. The van der Waals surface area contributed by atoms with E-state index in [0.29, 0.717) is 16.3 Å². The smallest absolute Gasteiger partial charge is 0.416 e. The Morgan fingerprint density at radius 3 is 2.33 bits per heavy atom. The van der Waals surface area contributed by atoms with E-state index in [4.69, 9.17) is 5.11 Å². The van der Waals surface area contributed by atoms with Crippen molar-refractivity contribution in [3.63, 3.8) is 0 Å². The molecule has 0 heterocycles. The van der Waals surface area contributed by atoms with Crippen molar-refractivity contribution in [1.82, 2.24) is 0 Å². The molecular formula is C13H9F3O2. The van der Waals surface area contributed by atoms with Crippen LogP contribution in [0.3, 0.4) is 0 Å². The number of aliphatic carboxylic acids is 1. The molecule has 2 rings (SSSR count). The molecule has 0 radical (unpaired) electrons. The predicted octanol–water partition coefficient (Wildman–Crippen LogP) is 3.49. The van der Waals surface area contributed by atoms with Crippen LogP contribution in [-0.4, -0.2) is 11.1 Å². The Morgan fingerprint density at radius 2 is 1.72 bits per heavy atom. The van der Waals surface area contributed by atoms with Crippen LogP contribution in [0.15, 0.2) is 36.4 Å². The topological polar surface area (TPSA) is 37.3 Å². The van der Waals surface area contributed by atoms with E-state index in [0.717, 1.165) is 12.1 Å². The zero-order valence-corrected chi connectivity index (χ0v) is 9.16. The highest BCUT2D eigenvalue weighted by Crippen LogP contribution is 2.31. The molecule has 2 nitrogen and oxygen atoms in total. The number of halogens is 3. The lowest BCUT2D eigenvalue weighted by Crippen LogP contribution is -2.04. The Labute approximate surface area is 101 Å². The van der Waals surface area contributed by atoms with Crippen molar-refractivity contribution in [2.24, 2.45) is 0 Å². The van der Waals surface area contributed by atoms with Crippen LogP contribution in [0.25, 0.3) is 10.8 Å². The lowest BCUT2D eigenvalue weighted by Gasteiger charge is -2.08. The highest BCUT2D eigenvalue weighted by molar-refractivity contribution is 5.85. The molecule has 0 saturated carbocycles. The molecule has 1 N–H and O–H groups in total. The molecule has 0 atom stereocenters. The fourth-order valence-electron chi connectivity index (χ4n) is 1.76. The van der Waals surface area contributed by atoms with Gasteiger partial charge in [0.15, 0.2) is 0 Å². The molecule has 2 aromatic carbocycles. The lowest BCUT2D eigenvalue weighted by molar-refractivity contribution is -0.138. The second kappa shape index (κ2) is 4.33. The van der Waals surface area contributed by atoms with E-state index >= 15 is 0 Å². The normalized spacial score (nSPS) is 11.7. The van der Waals surface area contributed by atoms with Crippen LogP contribution in [-0.2, 0) is 17.4 Å². The van der Waals surface area contributed by atoms with Gasteiger partial charge in [-0.2, -0.15) is 13.2 Å². The molecule has 0 fully saturated rings. The molecule has 2 aromatic rings. The van der Waals surface area contributed by atoms with Crippen LogP contribution in [0.2, 0.25) is 0 Å². The van der Waals surface area contributed by atoms with Crippen LogP contribution in [0.1, 0.15) is 11.1 Å². The van der Waals surface area contributed by atoms with Gasteiger partial charge in [-0.05, 0) is 28.5 Å². The molecule has 0 aliphatic rings. The molecule has 0 aliphatic carbocycles. The van der Waals surface area contributed by atoms with E-state index in [9.17, 15) is 18.0 Å². The van der Waals surface area contributed by atoms with Gasteiger partial charge in [0.1, 0.15) is 0 Å². The summed E-state index contributed by atoms with van der Waals surface area (Å²) in [6.45, 7) is 0. The van der Waals surface area contributed by atoms with Gasteiger partial charge in [0.2, 0.25) is 0 Å². The average molecular weight is 254 g/mol. The second-order valence-electron chi connectivity index (χ2n) is 3.96. The van der Waals surface area contributed by atoms with E-state index in [2.05, 4.69) is 0 Å². The summed E-state index contributed by atoms with van der Waals surface area (Å²) in [7, 11) is 0. The highest BCUT2D eigenvalue weighted by atomic mass is 19.4. The largest absolute Gasteiger partial charge is 0.481 e. The number of fused-ring (bicyclic) bond motifs is 1. The summed E-state index contributed by atoms with van der Waals surface area (Å²) in [6.07, 6.45) is -4.59. The molecule has 0 spiro atoms. The van der Waals surface area contributed by atoms with Gasteiger partial charge in [-0.15, -0.1) is 0 Å². The first-order chi connectivity index (χ1) is 8.36. The van der Waals surface area contributed by atoms with Crippen molar-refractivity contribution in [1.29, 1.82) is 0 Å². The number of hydrogen-bond donors (Lipinski definition) is 1. The minimum Gasteiger partial charge on any atom is -0.481 e. The Balaban J connectivity index is 2.50. The van der Waals surface area contributed by atoms with Gasteiger partial charge in [0.25, 0.3) is 0 Å². The van der Waals surface area contributed by atoms with Crippen LogP contribution in [0.5, 0.6) is 0 Å².